The summed E-state index contributed by atoms with van der Waals surface area (Å²) < 4.78 is 2.16. The average Bonchev–Trinajstić information content (AvgIpc) is 3.75. The SMILES string of the molecule is O=C1CCC(N2C(=O)c3ccc(NC[C@H]4C[C@H](n5cc(-c6ncccc6NC6CCNCC6)c(C6CC6)n5)C4)cc3C2=O)C(=O)N1. The first kappa shape index (κ1) is 28.9. The van der Waals surface area contributed by atoms with Crippen LogP contribution >= 0.6 is 0 Å². The quantitative estimate of drug-likeness (QED) is 0.263. The highest BCUT2D eigenvalue weighted by Gasteiger charge is 2.44. The molecule has 2 aliphatic carbocycles. The van der Waals surface area contributed by atoms with Crippen LogP contribution in [0.2, 0.25) is 0 Å². The summed E-state index contributed by atoms with van der Waals surface area (Å²) >= 11 is 0. The summed E-state index contributed by atoms with van der Waals surface area (Å²) in [5.41, 5.74) is 5.71. The molecule has 0 spiro atoms. The van der Waals surface area contributed by atoms with Crippen molar-refractivity contribution in [1.29, 1.82) is 0 Å². The van der Waals surface area contributed by atoms with Crippen LogP contribution in [0.4, 0.5) is 11.4 Å². The van der Waals surface area contributed by atoms with Crippen molar-refractivity contribution in [1.82, 2.24) is 30.3 Å². The lowest BCUT2D eigenvalue weighted by Gasteiger charge is -2.35. The normalized spacial score (nSPS) is 24.9. The molecule has 1 atom stereocenters. The van der Waals surface area contributed by atoms with E-state index in [4.69, 9.17) is 10.1 Å². The molecule has 5 aliphatic rings. The van der Waals surface area contributed by atoms with Crippen LogP contribution < -0.4 is 21.3 Å². The number of aromatic nitrogens is 3. The fourth-order valence-electron chi connectivity index (χ4n) is 7.28. The third-order valence-electron chi connectivity index (χ3n) is 10.1. The number of amides is 4. The zero-order valence-corrected chi connectivity index (χ0v) is 25.6. The third kappa shape index (κ3) is 5.34. The molecule has 3 aliphatic heterocycles. The van der Waals surface area contributed by atoms with E-state index in [1.807, 2.05) is 12.3 Å². The van der Waals surface area contributed by atoms with Crippen LogP contribution in [0.5, 0.6) is 0 Å². The zero-order valence-electron chi connectivity index (χ0n) is 25.6. The van der Waals surface area contributed by atoms with Crippen LogP contribution in [0.3, 0.4) is 0 Å². The number of hydrogen-bond acceptors (Lipinski definition) is 9. The molecule has 4 fully saturated rings. The minimum absolute atomic E-state index is 0.0979. The maximum absolute atomic E-state index is 13.2. The van der Waals surface area contributed by atoms with Gasteiger partial charge < -0.3 is 16.0 Å². The molecule has 46 heavy (non-hydrogen) atoms. The number of carbonyl (C=O) groups is 4. The van der Waals surface area contributed by atoms with Crippen molar-refractivity contribution in [2.75, 3.05) is 30.3 Å². The number of fused-ring (bicyclic) bond motifs is 1. The summed E-state index contributed by atoms with van der Waals surface area (Å²) in [6.45, 7) is 2.80. The van der Waals surface area contributed by atoms with Crippen LogP contribution in [-0.4, -0.2) is 75.0 Å². The first-order valence-corrected chi connectivity index (χ1v) is 16.5. The second-order valence-electron chi connectivity index (χ2n) is 13.3. The summed E-state index contributed by atoms with van der Waals surface area (Å²) in [6.07, 6.45) is 10.8. The molecule has 12 heteroatoms. The van der Waals surface area contributed by atoms with Crippen molar-refractivity contribution in [3.05, 3.63) is 59.5 Å². The highest BCUT2D eigenvalue weighted by Crippen LogP contribution is 2.46. The first-order valence-electron chi connectivity index (χ1n) is 16.5. The minimum Gasteiger partial charge on any atom is -0.385 e. The van der Waals surface area contributed by atoms with Gasteiger partial charge in [-0.1, -0.05) is 0 Å². The summed E-state index contributed by atoms with van der Waals surface area (Å²) in [6, 6.07) is 9.08. The van der Waals surface area contributed by atoms with E-state index < -0.39 is 23.8 Å². The second kappa shape index (κ2) is 11.7. The highest BCUT2D eigenvalue weighted by atomic mass is 16.2. The molecule has 0 bridgehead atoms. The number of imide groups is 2. The summed E-state index contributed by atoms with van der Waals surface area (Å²) in [5, 5.41) is 18.0. The molecule has 4 N–H and O–H groups in total. The fraction of sp³-hybridized carbons (Fsp3) is 0.471. The molecule has 4 amide bonds. The molecule has 8 rings (SSSR count). The molecule has 2 saturated heterocycles. The Morgan fingerprint density at radius 1 is 0.913 bits per heavy atom. The van der Waals surface area contributed by atoms with Gasteiger partial charge in [-0.05, 0) is 94.3 Å². The van der Waals surface area contributed by atoms with Crippen LogP contribution in [0.1, 0.15) is 89.7 Å². The summed E-state index contributed by atoms with van der Waals surface area (Å²) in [7, 11) is 0. The van der Waals surface area contributed by atoms with Crippen molar-refractivity contribution in [2.45, 2.75) is 75.4 Å². The third-order valence-corrected chi connectivity index (χ3v) is 10.1. The lowest BCUT2D eigenvalue weighted by molar-refractivity contribution is -0.136. The molecule has 3 aromatic rings. The number of anilines is 2. The van der Waals surface area contributed by atoms with Crippen molar-refractivity contribution < 1.29 is 19.2 Å². The summed E-state index contributed by atoms with van der Waals surface area (Å²) in [4.78, 5) is 55.9. The number of nitrogens with zero attached hydrogens (tertiary/aromatic N) is 4. The predicted molar refractivity (Wildman–Crippen MR) is 170 cm³/mol. The van der Waals surface area contributed by atoms with Gasteiger partial charge in [-0.2, -0.15) is 5.10 Å². The Hall–Kier alpha value is -4.58. The van der Waals surface area contributed by atoms with Gasteiger partial charge in [-0.3, -0.25) is 39.1 Å². The molecular weight excluding hydrogens is 584 g/mol. The molecule has 238 valence electrons. The monoisotopic (exact) mass is 622 g/mol. The summed E-state index contributed by atoms with van der Waals surface area (Å²) in [5.74, 6) is -1.03. The molecule has 1 aromatic carbocycles. The Morgan fingerprint density at radius 3 is 2.50 bits per heavy atom. The van der Waals surface area contributed by atoms with E-state index in [-0.39, 0.29) is 29.9 Å². The zero-order chi connectivity index (χ0) is 31.4. The predicted octanol–water partition coefficient (Wildman–Crippen LogP) is 3.45. The van der Waals surface area contributed by atoms with E-state index in [2.05, 4.69) is 38.2 Å². The fourth-order valence-corrected chi connectivity index (χ4v) is 7.28. The molecule has 5 heterocycles. The second-order valence-corrected chi connectivity index (χ2v) is 13.3. The number of rotatable bonds is 9. The van der Waals surface area contributed by atoms with Crippen molar-refractivity contribution >= 4 is 35.0 Å². The Bertz CT molecular complexity index is 1720. The van der Waals surface area contributed by atoms with Crippen LogP contribution in [-0.2, 0) is 9.59 Å². The highest BCUT2D eigenvalue weighted by molar-refractivity contribution is 6.23. The number of benzene rings is 1. The Kier molecular flexibility index (Phi) is 7.31. The van der Waals surface area contributed by atoms with Crippen molar-refractivity contribution in [3.63, 3.8) is 0 Å². The number of piperidine rings is 2. The van der Waals surface area contributed by atoms with Crippen LogP contribution in [0, 0.1) is 5.92 Å². The van der Waals surface area contributed by atoms with E-state index >= 15 is 0 Å². The molecule has 1 unspecified atom stereocenters. The maximum Gasteiger partial charge on any atom is 0.262 e. The average molecular weight is 623 g/mol. The minimum atomic E-state index is -0.966. The van der Waals surface area contributed by atoms with Crippen molar-refractivity contribution in [3.8, 4) is 11.3 Å². The van der Waals surface area contributed by atoms with E-state index in [1.165, 1.54) is 12.8 Å². The largest absolute Gasteiger partial charge is 0.385 e. The van der Waals surface area contributed by atoms with E-state index in [0.29, 0.717) is 23.9 Å². The van der Waals surface area contributed by atoms with Crippen molar-refractivity contribution in [2.24, 2.45) is 5.92 Å². The molecule has 0 radical (unpaired) electrons. The smallest absolute Gasteiger partial charge is 0.262 e. The van der Waals surface area contributed by atoms with Gasteiger partial charge in [0.15, 0.2) is 0 Å². The lowest BCUT2D eigenvalue weighted by Crippen LogP contribution is -2.54. The van der Waals surface area contributed by atoms with E-state index in [1.54, 1.807) is 18.2 Å². The van der Waals surface area contributed by atoms with Crippen LogP contribution in [0.25, 0.3) is 11.3 Å². The van der Waals surface area contributed by atoms with Gasteiger partial charge in [0.05, 0.1) is 34.2 Å². The number of hydrogen-bond donors (Lipinski definition) is 4. The maximum atomic E-state index is 13.2. The van der Waals surface area contributed by atoms with Gasteiger partial charge in [0, 0.05) is 48.6 Å². The van der Waals surface area contributed by atoms with E-state index in [9.17, 15) is 19.2 Å². The molecular formula is C34H38N8O4. The van der Waals surface area contributed by atoms with Gasteiger partial charge in [0.1, 0.15) is 6.04 Å². The Balaban J connectivity index is 0.913. The Labute approximate surface area is 266 Å². The van der Waals surface area contributed by atoms with Gasteiger partial charge in [-0.15, -0.1) is 0 Å². The Morgan fingerprint density at radius 2 is 1.72 bits per heavy atom. The lowest BCUT2D eigenvalue weighted by atomic mass is 9.80. The molecule has 12 nitrogen and oxygen atoms in total. The van der Waals surface area contributed by atoms with Gasteiger partial charge in [0.25, 0.3) is 11.8 Å². The standard InChI is InChI=1S/C34H38N8O4/c43-29-8-7-28(32(44)39-29)42-33(45)24-6-5-22(16-25(24)34(42)46)37-17-19-14-23(15-19)41-18-26(30(40-41)20-3-4-20)31-27(2-1-11-36-31)38-21-9-12-35-13-10-21/h1-2,5-6,11,16,18-21,23,28,35,37-38H,3-4,7-10,12-15,17H2,(H,39,43,44)/t19-,23-,28?. The van der Waals surface area contributed by atoms with Gasteiger partial charge >= 0.3 is 0 Å². The number of pyridine rings is 1. The molecule has 2 saturated carbocycles. The van der Waals surface area contributed by atoms with Gasteiger partial charge in [-0.25, -0.2) is 0 Å². The number of nitrogens with one attached hydrogen (secondary N) is 4. The topological polar surface area (TPSA) is 150 Å². The first-order chi connectivity index (χ1) is 22.4. The number of carbonyl (C=O) groups excluding carboxylic acids is 4. The van der Waals surface area contributed by atoms with Gasteiger partial charge in [0.2, 0.25) is 11.8 Å². The molecule has 2 aromatic heterocycles. The van der Waals surface area contributed by atoms with Crippen LogP contribution in [0.15, 0.2) is 42.7 Å². The van der Waals surface area contributed by atoms with E-state index in [0.717, 1.165) is 78.5 Å².